The zero-order chi connectivity index (χ0) is 15.9. The number of hydrogen-bond donors (Lipinski definition) is 2. The Morgan fingerprint density at radius 1 is 1.32 bits per heavy atom. The van der Waals surface area contributed by atoms with E-state index >= 15 is 0 Å². The van der Waals surface area contributed by atoms with Crippen molar-refractivity contribution in [2.24, 2.45) is 0 Å². The minimum Gasteiger partial charge on any atom is -0.496 e. The van der Waals surface area contributed by atoms with Crippen molar-refractivity contribution in [2.75, 3.05) is 26.7 Å². The van der Waals surface area contributed by atoms with E-state index in [4.69, 9.17) is 9.84 Å². The number of nitrogens with zero attached hydrogens (tertiary/aromatic N) is 1. The molecular formula is C16H22N2O4. The minimum absolute atomic E-state index is 0.0723. The minimum atomic E-state index is -0.841. The first-order chi connectivity index (χ1) is 10.6. The van der Waals surface area contributed by atoms with Gasteiger partial charge in [-0.1, -0.05) is 12.1 Å². The first-order valence-corrected chi connectivity index (χ1v) is 7.51. The molecule has 0 atom stereocenters. The van der Waals surface area contributed by atoms with Crippen molar-refractivity contribution in [3.8, 4) is 5.75 Å². The maximum atomic E-state index is 12.1. The van der Waals surface area contributed by atoms with Crippen molar-refractivity contribution in [1.29, 1.82) is 0 Å². The molecule has 0 saturated carbocycles. The van der Waals surface area contributed by atoms with E-state index in [2.05, 4.69) is 11.4 Å². The van der Waals surface area contributed by atoms with E-state index in [-0.39, 0.29) is 12.5 Å². The molecule has 0 unspecified atom stereocenters. The number of urea groups is 1. The van der Waals surface area contributed by atoms with Crippen LogP contribution in [0.25, 0.3) is 0 Å². The summed E-state index contributed by atoms with van der Waals surface area (Å²) in [6.07, 6.45) is 2.09. The largest absolute Gasteiger partial charge is 0.496 e. The molecule has 0 spiro atoms. The summed E-state index contributed by atoms with van der Waals surface area (Å²) < 4.78 is 5.39. The van der Waals surface area contributed by atoms with Crippen molar-refractivity contribution in [3.05, 3.63) is 29.3 Å². The number of methoxy groups -OCH3 is 1. The number of carbonyl (C=O) groups excluding carboxylic acids is 1. The predicted octanol–water partition coefficient (Wildman–Crippen LogP) is 1.67. The highest BCUT2D eigenvalue weighted by molar-refractivity contribution is 5.74. The first-order valence-electron chi connectivity index (χ1n) is 7.51. The molecule has 22 heavy (non-hydrogen) atoms. The standard InChI is InChI=1S/C16H22N2O4/c1-22-14-5-2-4-12-7-10-18(11-8-13(12)14)16(21)17-9-3-6-15(19)20/h2,4-5H,3,6-11H2,1H3,(H,17,21)(H,19,20). The third kappa shape index (κ3) is 4.13. The van der Waals surface area contributed by atoms with Gasteiger partial charge in [0.1, 0.15) is 5.75 Å². The normalized spacial score (nSPS) is 14.0. The summed E-state index contributed by atoms with van der Waals surface area (Å²) in [5, 5.41) is 11.4. The molecule has 2 rings (SSSR count). The fourth-order valence-corrected chi connectivity index (χ4v) is 2.68. The Labute approximate surface area is 130 Å². The van der Waals surface area contributed by atoms with Gasteiger partial charge in [-0.15, -0.1) is 0 Å². The number of hydrogen-bond acceptors (Lipinski definition) is 3. The van der Waals surface area contributed by atoms with Gasteiger partial charge in [0.15, 0.2) is 0 Å². The molecule has 2 N–H and O–H groups in total. The lowest BCUT2D eigenvalue weighted by atomic mass is 10.0. The number of carbonyl (C=O) groups is 2. The lowest BCUT2D eigenvalue weighted by molar-refractivity contribution is -0.137. The van der Waals surface area contributed by atoms with Crippen LogP contribution in [0.15, 0.2) is 18.2 Å². The van der Waals surface area contributed by atoms with Crippen LogP contribution in [0.2, 0.25) is 0 Å². The van der Waals surface area contributed by atoms with E-state index < -0.39 is 5.97 Å². The summed E-state index contributed by atoms with van der Waals surface area (Å²) >= 11 is 0. The Hall–Kier alpha value is -2.24. The van der Waals surface area contributed by atoms with Crippen molar-refractivity contribution in [3.63, 3.8) is 0 Å². The molecule has 1 aromatic carbocycles. The number of rotatable bonds is 5. The topological polar surface area (TPSA) is 78.9 Å². The predicted molar refractivity (Wildman–Crippen MR) is 82.2 cm³/mol. The smallest absolute Gasteiger partial charge is 0.317 e. The third-order valence-corrected chi connectivity index (χ3v) is 3.86. The summed E-state index contributed by atoms with van der Waals surface area (Å²) in [5.74, 6) is 0.0350. The monoisotopic (exact) mass is 306 g/mol. The van der Waals surface area contributed by atoms with Gasteiger partial charge in [0, 0.05) is 26.1 Å². The highest BCUT2D eigenvalue weighted by Crippen LogP contribution is 2.25. The van der Waals surface area contributed by atoms with Crippen LogP contribution in [-0.2, 0) is 17.6 Å². The first kappa shape index (κ1) is 16.1. The quantitative estimate of drug-likeness (QED) is 0.811. The number of fused-ring (bicyclic) bond motifs is 1. The maximum Gasteiger partial charge on any atom is 0.317 e. The molecule has 1 aliphatic rings. The zero-order valence-corrected chi connectivity index (χ0v) is 12.8. The SMILES string of the molecule is COc1cccc2c1CCN(C(=O)NCCCC(=O)O)CC2. The Morgan fingerprint density at radius 2 is 2.09 bits per heavy atom. The Kier molecular flexibility index (Phi) is 5.63. The molecule has 0 aliphatic carbocycles. The second-order valence-corrected chi connectivity index (χ2v) is 5.31. The summed E-state index contributed by atoms with van der Waals surface area (Å²) in [6, 6.07) is 5.86. The van der Waals surface area contributed by atoms with E-state index in [1.165, 1.54) is 11.1 Å². The van der Waals surface area contributed by atoms with Gasteiger partial charge in [-0.05, 0) is 36.5 Å². The summed E-state index contributed by atoms with van der Waals surface area (Å²) in [7, 11) is 1.66. The zero-order valence-electron chi connectivity index (χ0n) is 12.8. The Balaban J connectivity index is 1.89. The van der Waals surface area contributed by atoms with Crippen molar-refractivity contribution >= 4 is 12.0 Å². The lowest BCUT2D eigenvalue weighted by Gasteiger charge is -2.20. The third-order valence-electron chi connectivity index (χ3n) is 3.86. The van der Waals surface area contributed by atoms with Crippen LogP contribution < -0.4 is 10.1 Å². The van der Waals surface area contributed by atoms with Gasteiger partial charge < -0.3 is 20.1 Å². The number of aliphatic carboxylic acids is 1. The van der Waals surface area contributed by atoms with Crippen LogP contribution in [0.4, 0.5) is 4.79 Å². The number of amides is 2. The lowest BCUT2D eigenvalue weighted by Crippen LogP contribution is -2.41. The molecule has 0 radical (unpaired) electrons. The summed E-state index contributed by atoms with van der Waals surface area (Å²) in [6.45, 7) is 1.68. The van der Waals surface area contributed by atoms with Crippen LogP contribution in [0, 0.1) is 0 Å². The number of benzene rings is 1. The molecule has 120 valence electrons. The molecule has 1 heterocycles. The van der Waals surface area contributed by atoms with Crippen molar-refractivity contribution < 1.29 is 19.4 Å². The highest BCUT2D eigenvalue weighted by Gasteiger charge is 2.20. The Morgan fingerprint density at radius 3 is 2.82 bits per heavy atom. The van der Waals surface area contributed by atoms with Crippen molar-refractivity contribution in [2.45, 2.75) is 25.7 Å². The molecule has 0 fully saturated rings. The molecule has 1 aromatic rings. The van der Waals surface area contributed by atoms with Gasteiger partial charge in [0.2, 0.25) is 0 Å². The molecule has 6 heteroatoms. The van der Waals surface area contributed by atoms with E-state index in [0.29, 0.717) is 26.1 Å². The van der Waals surface area contributed by atoms with Crippen LogP contribution in [0.5, 0.6) is 5.75 Å². The Bertz CT molecular complexity index is 545. The highest BCUT2D eigenvalue weighted by atomic mass is 16.5. The van der Waals surface area contributed by atoms with E-state index in [9.17, 15) is 9.59 Å². The van der Waals surface area contributed by atoms with Crippen LogP contribution in [0.1, 0.15) is 24.0 Å². The van der Waals surface area contributed by atoms with Crippen LogP contribution >= 0.6 is 0 Å². The summed E-state index contributed by atoms with van der Waals surface area (Å²) in [5.41, 5.74) is 2.40. The van der Waals surface area contributed by atoms with Gasteiger partial charge in [-0.2, -0.15) is 0 Å². The van der Waals surface area contributed by atoms with Crippen molar-refractivity contribution in [1.82, 2.24) is 10.2 Å². The van der Waals surface area contributed by atoms with Gasteiger partial charge >= 0.3 is 12.0 Å². The molecule has 1 aliphatic heterocycles. The average molecular weight is 306 g/mol. The molecule has 6 nitrogen and oxygen atoms in total. The molecule has 0 saturated heterocycles. The number of carboxylic acid groups (broad SMARTS) is 1. The average Bonchev–Trinajstić information content (AvgIpc) is 2.73. The number of nitrogens with one attached hydrogen (secondary N) is 1. The van der Waals surface area contributed by atoms with Crippen LogP contribution in [-0.4, -0.2) is 48.8 Å². The maximum absolute atomic E-state index is 12.1. The fourth-order valence-electron chi connectivity index (χ4n) is 2.68. The van der Waals surface area contributed by atoms with E-state index in [1.807, 2.05) is 12.1 Å². The summed E-state index contributed by atoms with van der Waals surface area (Å²) in [4.78, 5) is 24.4. The van der Waals surface area contributed by atoms with Gasteiger partial charge in [-0.3, -0.25) is 4.79 Å². The van der Waals surface area contributed by atoms with E-state index in [0.717, 1.165) is 18.6 Å². The number of carboxylic acids is 1. The molecular weight excluding hydrogens is 284 g/mol. The van der Waals surface area contributed by atoms with Gasteiger partial charge in [0.05, 0.1) is 7.11 Å². The second kappa shape index (κ2) is 7.68. The van der Waals surface area contributed by atoms with Crippen LogP contribution in [0.3, 0.4) is 0 Å². The second-order valence-electron chi connectivity index (χ2n) is 5.31. The number of ether oxygens (including phenoxy) is 1. The molecule has 0 aromatic heterocycles. The molecule has 2 amide bonds. The van der Waals surface area contributed by atoms with E-state index in [1.54, 1.807) is 12.0 Å². The van der Waals surface area contributed by atoms with Gasteiger partial charge in [-0.25, -0.2) is 4.79 Å². The molecule has 0 bridgehead atoms. The van der Waals surface area contributed by atoms with Gasteiger partial charge in [0.25, 0.3) is 0 Å². The fraction of sp³-hybridized carbons (Fsp3) is 0.500.